The molecule has 2 rings (SSSR count). The van der Waals surface area contributed by atoms with Crippen molar-refractivity contribution in [2.75, 3.05) is 0 Å². The van der Waals surface area contributed by atoms with E-state index >= 15 is 0 Å². The summed E-state index contributed by atoms with van der Waals surface area (Å²) in [5, 5.41) is 0. The molecule has 0 saturated carbocycles. The van der Waals surface area contributed by atoms with Gasteiger partial charge >= 0.3 is 5.97 Å². The molecule has 0 radical (unpaired) electrons. The molecule has 2 heterocycles. The lowest BCUT2D eigenvalue weighted by Gasteiger charge is -2.15. The fourth-order valence-corrected chi connectivity index (χ4v) is 1.89. The van der Waals surface area contributed by atoms with Crippen molar-refractivity contribution in [2.45, 2.75) is 31.8 Å². The number of esters is 1. The van der Waals surface area contributed by atoms with Gasteiger partial charge in [0.05, 0.1) is 5.69 Å². The number of aromatic nitrogens is 1. The molecule has 0 aliphatic carbocycles. The van der Waals surface area contributed by atoms with Crippen LogP contribution >= 0.6 is 0 Å². The van der Waals surface area contributed by atoms with Gasteiger partial charge in [0.25, 0.3) is 0 Å². The predicted octanol–water partition coefficient (Wildman–Crippen LogP) is 2.88. The van der Waals surface area contributed by atoms with Crippen molar-refractivity contribution >= 4 is 12.0 Å². The van der Waals surface area contributed by atoms with E-state index in [9.17, 15) is 4.79 Å². The second kappa shape index (κ2) is 4.92. The highest BCUT2D eigenvalue weighted by Crippen LogP contribution is 2.27. The van der Waals surface area contributed by atoms with Crippen LogP contribution in [0.1, 0.15) is 43.0 Å². The Bertz CT molecular complexity index is 401. The molecule has 3 nitrogen and oxygen atoms in total. The van der Waals surface area contributed by atoms with Crippen molar-refractivity contribution in [1.29, 1.82) is 0 Å². The molecule has 1 saturated heterocycles. The Morgan fingerprint density at radius 3 is 3.19 bits per heavy atom. The minimum atomic E-state index is -0.114. The molecule has 0 spiro atoms. The van der Waals surface area contributed by atoms with Gasteiger partial charge in [-0.05, 0) is 43.0 Å². The van der Waals surface area contributed by atoms with Gasteiger partial charge in [-0.15, -0.1) is 0 Å². The lowest BCUT2D eigenvalue weighted by molar-refractivity contribution is -0.148. The molecule has 0 aromatic carbocycles. The lowest BCUT2D eigenvalue weighted by atomic mass is 10.0. The monoisotopic (exact) mass is 217 g/mol. The first-order valence-electron chi connectivity index (χ1n) is 5.57. The van der Waals surface area contributed by atoms with Crippen LogP contribution in [-0.2, 0) is 9.53 Å². The molecule has 1 unspecified atom stereocenters. The molecule has 1 aromatic heterocycles. The quantitative estimate of drug-likeness (QED) is 0.715. The molecule has 0 bridgehead atoms. The molecule has 3 heteroatoms. The van der Waals surface area contributed by atoms with Crippen LogP contribution in [0.3, 0.4) is 0 Å². The average Bonchev–Trinajstić information content (AvgIpc) is 2.54. The summed E-state index contributed by atoms with van der Waals surface area (Å²) in [6.07, 6.45) is 6.70. The van der Waals surface area contributed by atoms with Gasteiger partial charge in [0.2, 0.25) is 0 Å². The Labute approximate surface area is 95.2 Å². The third-order valence-corrected chi connectivity index (χ3v) is 2.76. The van der Waals surface area contributed by atoms with Gasteiger partial charge in [-0.2, -0.15) is 0 Å². The molecule has 0 N–H and O–H groups in total. The first-order valence-corrected chi connectivity index (χ1v) is 5.57. The topological polar surface area (TPSA) is 39.2 Å². The van der Waals surface area contributed by atoms with Crippen LogP contribution in [0.25, 0.3) is 6.08 Å². The van der Waals surface area contributed by atoms with Gasteiger partial charge in [0.15, 0.2) is 0 Å². The van der Waals surface area contributed by atoms with Gasteiger partial charge in [-0.25, -0.2) is 0 Å². The number of carbonyl (C=O) groups is 1. The maximum absolute atomic E-state index is 11.4. The summed E-state index contributed by atoms with van der Waals surface area (Å²) in [6, 6.07) is 3.83. The van der Waals surface area contributed by atoms with E-state index in [2.05, 4.69) is 11.6 Å². The molecule has 1 fully saturated rings. The summed E-state index contributed by atoms with van der Waals surface area (Å²) in [5.41, 5.74) is 1.83. The van der Waals surface area contributed by atoms with Gasteiger partial charge in [0.1, 0.15) is 6.10 Å². The van der Waals surface area contributed by atoms with E-state index in [4.69, 9.17) is 4.74 Å². The van der Waals surface area contributed by atoms with Crippen LogP contribution in [0, 0.1) is 0 Å². The van der Waals surface area contributed by atoms with E-state index in [0.717, 1.165) is 30.5 Å². The smallest absolute Gasteiger partial charge is 0.306 e. The van der Waals surface area contributed by atoms with Crippen molar-refractivity contribution in [2.24, 2.45) is 0 Å². The zero-order valence-electron chi connectivity index (χ0n) is 9.19. The van der Waals surface area contributed by atoms with Crippen LogP contribution in [0.5, 0.6) is 0 Å². The zero-order valence-corrected chi connectivity index (χ0v) is 9.19. The average molecular weight is 217 g/mol. The van der Waals surface area contributed by atoms with E-state index in [1.807, 2.05) is 12.1 Å². The molecule has 16 heavy (non-hydrogen) atoms. The number of hydrogen-bond donors (Lipinski definition) is 0. The second-order valence-corrected chi connectivity index (χ2v) is 3.94. The van der Waals surface area contributed by atoms with Gasteiger partial charge < -0.3 is 4.74 Å². The zero-order chi connectivity index (χ0) is 11.4. The summed E-state index contributed by atoms with van der Waals surface area (Å²) in [5.74, 6) is -0.0977. The highest BCUT2D eigenvalue weighted by atomic mass is 16.5. The number of hydrogen-bond acceptors (Lipinski definition) is 3. The largest absolute Gasteiger partial charge is 0.457 e. The van der Waals surface area contributed by atoms with Crippen molar-refractivity contribution in [1.82, 2.24) is 4.98 Å². The van der Waals surface area contributed by atoms with Crippen molar-refractivity contribution in [3.8, 4) is 0 Å². The van der Waals surface area contributed by atoms with E-state index in [0.29, 0.717) is 6.42 Å². The van der Waals surface area contributed by atoms with Gasteiger partial charge in [-0.1, -0.05) is 6.58 Å². The third-order valence-electron chi connectivity index (χ3n) is 2.76. The van der Waals surface area contributed by atoms with Crippen LogP contribution < -0.4 is 0 Å². The second-order valence-electron chi connectivity index (χ2n) is 3.94. The predicted molar refractivity (Wildman–Crippen MR) is 61.6 cm³/mol. The van der Waals surface area contributed by atoms with Crippen LogP contribution in [0.2, 0.25) is 0 Å². The molecule has 1 aliphatic heterocycles. The molecule has 0 amide bonds. The first kappa shape index (κ1) is 10.9. The fourth-order valence-electron chi connectivity index (χ4n) is 1.89. The SMILES string of the molecule is C=Cc1cc(C2CCCCC(=O)O2)ccn1. The van der Waals surface area contributed by atoms with E-state index in [-0.39, 0.29) is 12.1 Å². The minimum Gasteiger partial charge on any atom is -0.457 e. The Kier molecular flexibility index (Phi) is 3.34. The molecule has 84 valence electrons. The normalized spacial score (nSPS) is 21.0. The van der Waals surface area contributed by atoms with Crippen molar-refractivity contribution in [3.05, 3.63) is 36.2 Å². The number of cyclic esters (lactones) is 1. The summed E-state index contributed by atoms with van der Waals surface area (Å²) in [6.45, 7) is 3.68. The lowest BCUT2D eigenvalue weighted by Crippen LogP contribution is -2.08. The maximum Gasteiger partial charge on any atom is 0.306 e. The number of pyridine rings is 1. The highest BCUT2D eigenvalue weighted by molar-refractivity contribution is 5.70. The molecule has 1 atom stereocenters. The van der Waals surface area contributed by atoms with Gasteiger partial charge in [-0.3, -0.25) is 9.78 Å². The van der Waals surface area contributed by atoms with Crippen molar-refractivity contribution < 1.29 is 9.53 Å². The first-order chi connectivity index (χ1) is 7.79. The summed E-state index contributed by atoms with van der Waals surface area (Å²) >= 11 is 0. The maximum atomic E-state index is 11.4. The Morgan fingerprint density at radius 2 is 2.38 bits per heavy atom. The number of rotatable bonds is 2. The molecule has 1 aliphatic rings. The standard InChI is InChI=1S/C13H15NO2/c1-2-11-9-10(7-8-14-11)12-5-3-4-6-13(15)16-12/h2,7-9,12H,1,3-6H2. The van der Waals surface area contributed by atoms with Crippen LogP contribution in [0.4, 0.5) is 0 Å². The number of nitrogens with zero attached hydrogens (tertiary/aromatic N) is 1. The number of carbonyl (C=O) groups excluding carboxylic acids is 1. The van der Waals surface area contributed by atoms with E-state index in [1.165, 1.54) is 0 Å². The third kappa shape index (κ3) is 2.48. The van der Waals surface area contributed by atoms with Crippen LogP contribution in [0.15, 0.2) is 24.9 Å². The Morgan fingerprint density at radius 1 is 1.50 bits per heavy atom. The molecular weight excluding hydrogens is 202 g/mol. The highest BCUT2D eigenvalue weighted by Gasteiger charge is 2.20. The van der Waals surface area contributed by atoms with Crippen LogP contribution in [-0.4, -0.2) is 11.0 Å². The minimum absolute atomic E-state index is 0.0977. The summed E-state index contributed by atoms with van der Waals surface area (Å²) in [4.78, 5) is 15.5. The Hall–Kier alpha value is -1.64. The fraction of sp³-hybridized carbons (Fsp3) is 0.385. The summed E-state index contributed by atoms with van der Waals surface area (Å²) < 4.78 is 5.40. The van der Waals surface area contributed by atoms with Gasteiger partial charge in [0, 0.05) is 12.6 Å². The molecule has 1 aromatic rings. The number of ether oxygens (including phenoxy) is 1. The van der Waals surface area contributed by atoms with Crippen molar-refractivity contribution in [3.63, 3.8) is 0 Å². The van der Waals surface area contributed by atoms with E-state index < -0.39 is 0 Å². The van der Waals surface area contributed by atoms with E-state index in [1.54, 1.807) is 12.3 Å². The Balaban J connectivity index is 2.20. The summed E-state index contributed by atoms with van der Waals surface area (Å²) in [7, 11) is 0. The molecular formula is C13H15NO2.